The van der Waals surface area contributed by atoms with Crippen molar-refractivity contribution in [1.82, 2.24) is 24.6 Å². The van der Waals surface area contributed by atoms with Gasteiger partial charge in [0.25, 0.3) is 5.91 Å². The second-order valence-electron chi connectivity index (χ2n) is 7.84. The van der Waals surface area contributed by atoms with Gasteiger partial charge < -0.3 is 14.2 Å². The zero-order valence-electron chi connectivity index (χ0n) is 18.1. The Hall–Kier alpha value is -3.81. The molecule has 2 aromatic heterocycles. The summed E-state index contributed by atoms with van der Waals surface area (Å²) in [5, 5.41) is 8.34. The van der Waals surface area contributed by atoms with Crippen molar-refractivity contribution in [3.63, 3.8) is 0 Å². The summed E-state index contributed by atoms with van der Waals surface area (Å²) < 4.78 is 22.5. The number of carbonyl (C=O) groups is 1. The molecule has 0 atom stereocenters. The van der Waals surface area contributed by atoms with Crippen molar-refractivity contribution in [3.8, 4) is 28.0 Å². The lowest BCUT2D eigenvalue weighted by molar-refractivity contribution is 0.0780. The Balaban J connectivity index is 1.68. The summed E-state index contributed by atoms with van der Waals surface area (Å²) in [5.41, 5.74) is 5.45. The van der Waals surface area contributed by atoms with E-state index in [-0.39, 0.29) is 11.7 Å². The van der Waals surface area contributed by atoms with Gasteiger partial charge in [0.2, 0.25) is 0 Å². The molecule has 32 heavy (non-hydrogen) atoms. The third kappa shape index (κ3) is 3.10. The maximum Gasteiger partial charge on any atom is 0.254 e. The minimum atomic E-state index is -0.372. The molecule has 3 heterocycles. The lowest BCUT2D eigenvalue weighted by Gasteiger charge is -2.26. The van der Waals surface area contributed by atoms with Crippen molar-refractivity contribution < 1.29 is 13.9 Å². The largest absolute Gasteiger partial charge is 0.496 e. The summed E-state index contributed by atoms with van der Waals surface area (Å²) >= 11 is 0. The minimum Gasteiger partial charge on any atom is -0.496 e. The van der Waals surface area contributed by atoms with Crippen molar-refractivity contribution in [2.45, 2.75) is 19.9 Å². The lowest BCUT2D eigenvalue weighted by atomic mass is 9.92. The van der Waals surface area contributed by atoms with Crippen LogP contribution in [0, 0.1) is 5.82 Å². The number of aryl methyl sites for hydroxylation is 1. The van der Waals surface area contributed by atoms with E-state index in [4.69, 9.17) is 4.74 Å². The molecule has 1 aliphatic rings. The van der Waals surface area contributed by atoms with Crippen LogP contribution < -0.4 is 4.74 Å². The van der Waals surface area contributed by atoms with Gasteiger partial charge in [-0.05, 0) is 48.7 Å². The summed E-state index contributed by atoms with van der Waals surface area (Å²) in [6.45, 7) is 3.36. The molecule has 8 heteroatoms. The van der Waals surface area contributed by atoms with Gasteiger partial charge in [0, 0.05) is 42.4 Å². The average molecular weight is 431 g/mol. The summed E-state index contributed by atoms with van der Waals surface area (Å²) in [6, 6.07) is 8.50. The molecule has 0 radical (unpaired) electrons. The van der Waals surface area contributed by atoms with Crippen molar-refractivity contribution in [2.75, 3.05) is 20.7 Å². The molecule has 0 aliphatic carbocycles. The Labute approximate surface area is 184 Å². The number of ether oxygens (including phenoxy) is 1. The van der Waals surface area contributed by atoms with Gasteiger partial charge in [-0.3, -0.25) is 4.79 Å². The van der Waals surface area contributed by atoms with Crippen LogP contribution in [0.5, 0.6) is 5.75 Å². The van der Waals surface area contributed by atoms with Crippen molar-refractivity contribution in [3.05, 3.63) is 59.8 Å². The molecule has 0 fully saturated rings. The highest BCUT2D eigenvalue weighted by atomic mass is 19.1. The molecule has 2 aromatic carbocycles. The molecule has 0 unspecified atom stereocenters. The number of amides is 1. The number of hydrogen-bond acceptors (Lipinski definition) is 5. The molecule has 7 nitrogen and oxygen atoms in total. The maximum absolute atomic E-state index is 15.1. The average Bonchev–Trinajstić information content (AvgIpc) is 3.25. The third-order valence-electron chi connectivity index (χ3n) is 6.03. The van der Waals surface area contributed by atoms with E-state index in [1.54, 1.807) is 42.7 Å². The van der Waals surface area contributed by atoms with Gasteiger partial charge in [-0.2, -0.15) is 5.10 Å². The molecule has 0 saturated heterocycles. The Morgan fingerprint density at radius 1 is 1.12 bits per heavy atom. The second kappa shape index (κ2) is 7.71. The first kappa shape index (κ1) is 20.1. The monoisotopic (exact) mass is 431 g/mol. The third-order valence-corrected chi connectivity index (χ3v) is 6.03. The Bertz CT molecular complexity index is 1360. The van der Waals surface area contributed by atoms with Gasteiger partial charge in [-0.1, -0.05) is 6.07 Å². The topological polar surface area (TPSA) is 73.1 Å². The number of aromatic nitrogens is 4. The number of hydrogen-bond donors (Lipinski definition) is 0. The molecule has 1 aliphatic heterocycles. The van der Waals surface area contributed by atoms with Crippen molar-refractivity contribution in [2.24, 2.45) is 0 Å². The van der Waals surface area contributed by atoms with Crippen LogP contribution in [0.2, 0.25) is 0 Å². The summed E-state index contributed by atoms with van der Waals surface area (Å²) in [7, 11) is 3.30. The zero-order valence-corrected chi connectivity index (χ0v) is 18.1. The van der Waals surface area contributed by atoms with Crippen LogP contribution in [-0.4, -0.2) is 51.3 Å². The SMILES string of the molecule is CCn1cnc2c(-c3ccc(F)c(-c4cc5c(cc4OC)C(=O)N(C)CC5)c3)cnnc21. The number of likely N-dealkylation sites (N-methyl/N-ethyl adjacent to an activating group) is 1. The highest BCUT2D eigenvalue weighted by molar-refractivity contribution is 5.98. The van der Waals surface area contributed by atoms with Crippen LogP contribution in [0.3, 0.4) is 0 Å². The first-order valence-corrected chi connectivity index (χ1v) is 10.4. The van der Waals surface area contributed by atoms with Crippen LogP contribution in [0.4, 0.5) is 4.39 Å². The van der Waals surface area contributed by atoms with E-state index in [0.29, 0.717) is 46.6 Å². The fourth-order valence-corrected chi connectivity index (χ4v) is 4.22. The standard InChI is InChI=1S/C24H22FN5O2/c1-4-30-13-26-22-19(12-27-28-23(22)30)14-5-6-20(25)17(9-14)18-10-15-7-8-29(2)24(31)16(15)11-21(18)32-3/h5-6,9-13H,4,7-8H2,1-3H3. The van der Waals surface area contributed by atoms with Crippen LogP contribution in [0.15, 0.2) is 42.9 Å². The van der Waals surface area contributed by atoms with Crippen molar-refractivity contribution in [1.29, 1.82) is 0 Å². The minimum absolute atomic E-state index is 0.0536. The molecular weight excluding hydrogens is 409 g/mol. The van der Waals surface area contributed by atoms with Gasteiger partial charge in [0.15, 0.2) is 5.65 Å². The second-order valence-corrected chi connectivity index (χ2v) is 7.84. The molecule has 5 rings (SSSR count). The lowest BCUT2D eigenvalue weighted by Crippen LogP contribution is -2.34. The number of rotatable bonds is 4. The molecule has 162 valence electrons. The van der Waals surface area contributed by atoms with E-state index >= 15 is 4.39 Å². The van der Waals surface area contributed by atoms with Crippen LogP contribution >= 0.6 is 0 Å². The first-order valence-electron chi connectivity index (χ1n) is 10.4. The van der Waals surface area contributed by atoms with Gasteiger partial charge >= 0.3 is 0 Å². The maximum atomic E-state index is 15.1. The summed E-state index contributed by atoms with van der Waals surface area (Å²) in [5.74, 6) is 0.0300. The van der Waals surface area contributed by atoms with Crippen molar-refractivity contribution >= 4 is 17.1 Å². The Morgan fingerprint density at radius 3 is 2.75 bits per heavy atom. The predicted octanol–water partition coefficient (Wildman–Crippen LogP) is 3.96. The number of benzene rings is 2. The van der Waals surface area contributed by atoms with E-state index in [9.17, 15) is 4.79 Å². The van der Waals surface area contributed by atoms with Crippen LogP contribution in [0.25, 0.3) is 33.4 Å². The molecule has 4 aromatic rings. The highest BCUT2D eigenvalue weighted by Gasteiger charge is 2.25. The van der Waals surface area contributed by atoms with Gasteiger partial charge in [0.1, 0.15) is 17.1 Å². The summed E-state index contributed by atoms with van der Waals surface area (Å²) in [4.78, 5) is 18.7. The van der Waals surface area contributed by atoms with Gasteiger partial charge in [-0.15, -0.1) is 5.10 Å². The first-order chi connectivity index (χ1) is 15.5. The quantitative estimate of drug-likeness (QED) is 0.489. The van der Waals surface area contributed by atoms with E-state index in [1.165, 1.54) is 13.2 Å². The van der Waals surface area contributed by atoms with E-state index in [0.717, 1.165) is 23.2 Å². The van der Waals surface area contributed by atoms with Gasteiger partial charge in [0.05, 0.1) is 19.6 Å². The Morgan fingerprint density at radius 2 is 1.97 bits per heavy atom. The smallest absolute Gasteiger partial charge is 0.254 e. The van der Waals surface area contributed by atoms with E-state index < -0.39 is 0 Å². The molecule has 0 bridgehead atoms. The van der Waals surface area contributed by atoms with E-state index in [2.05, 4.69) is 15.2 Å². The number of methoxy groups -OCH3 is 1. The number of halogens is 1. The normalized spacial score (nSPS) is 13.5. The highest BCUT2D eigenvalue weighted by Crippen LogP contribution is 2.38. The molecule has 0 spiro atoms. The van der Waals surface area contributed by atoms with Gasteiger partial charge in [-0.25, -0.2) is 9.37 Å². The summed E-state index contributed by atoms with van der Waals surface area (Å²) in [6.07, 6.45) is 4.08. The number of carbonyl (C=O) groups excluding carboxylic acids is 1. The zero-order chi connectivity index (χ0) is 22.4. The molecule has 1 amide bonds. The fourth-order valence-electron chi connectivity index (χ4n) is 4.22. The fraction of sp³-hybridized carbons (Fsp3) is 0.250. The Kier molecular flexibility index (Phi) is 4.84. The number of imidazole rings is 1. The predicted molar refractivity (Wildman–Crippen MR) is 119 cm³/mol. The molecule has 0 N–H and O–H groups in total. The molecular formula is C24H22FN5O2. The number of nitrogens with zero attached hydrogens (tertiary/aromatic N) is 5. The van der Waals surface area contributed by atoms with Crippen LogP contribution in [-0.2, 0) is 13.0 Å². The number of fused-ring (bicyclic) bond motifs is 2. The van der Waals surface area contributed by atoms with Crippen LogP contribution in [0.1, 0.15) is 22.8 Å². The molecule has 0 saturated carbocycles. The van der Waals surface area contributed by atoms with E-state index in [1.807, 2.05) is 17.6 Å².